The SMILES string of the molecule is Cc1ccc(-n2nc(C)c(NC(=O)CSc3ccc(S(=O)(=O)N4CCCC4)cn3)c2C)cc1. The molecule has 3 heterocycles. The second-order valence-corrected chi connectivity index (χ2v) is 11.0. The number of pyridine rings is 1. The number of aromatic nitrogens is 3. The van der Waals surface area contributed by atoms with Crippen LogP contribution in [0.3, 0.4) is 0 Å². The molecule has 10 heteroatoms. The lowest BCUT2D eigenvalue weighted by molar-refractivity contribution is -0.113. The number of nitrogens with zero attached hydrogens (tertiary/aromatic N) is 4. The van der Waals surface area contributed by atoms with E-state index in [0.717, 1.165) is 29.9 Å². The van der Waals surface area contributed by atoms with Crippen molar-refractivity contribution in [1.82, 2.24) is 19.1 Å². The van der Waals surface area contributed by atoms with Crippen LogP contribution in [-0.4, -0.2) is 52.2 Å². The quantitative estimate of drug-likeness (QED) is 0.513. The van der Waals surface area contributed by atoms with Crippen molar-refractivity contribution >= 4 is 33.4 Å². The maximum absolute atomic E-state index is 12.6. The standard InChI is InChI=1S/C23H27N5O3S2/c1-16-6-8-19(9-7-16)28-18(3)23(17(2)26-28)25-21(29)15-32-22-11-10-20(14-24-22)33(30,31)27-12-4-5-13-27/h6-11,14H,4-5,12-13,15H2,1-3H3,(H,25,29). The van der Waals surface area contributed by atoms with E-state index in [9.17, 15) is 13.2 Å². The van der Waals surface area contributed by atoms with Crippen LogP contribution in [0.1, 0.15) is 29.8 Å². The normalized spacial score (nSPS) is 14.5. The minimum atomic E-state index is -3.49. The fraction of sp³-hybridized carbons (Fsp3) is 0.348. The molecule has 0 saturated carbocycles. The van der Waals surface area contributed by atoms with E-state index in [4.69, 9.17) is 0 Å². The van der Waals surface area contributed by atoms with E-state index in [-0.39, 0.29) is 16.6 Å². The number of carbonyl (C=O) groups is 1. The van der Waals surface area contributed by atoms with Crippen LogP contribution in [0.4, 0.5) is 5.69 Å². The molecule has 8 nitrogen and oxygen atoms in total. The summed E-state index contributed by atoms with van der Waals surface area (Å²) in [6, 6.07) is 11.2. The van der Waals surface area contributed by atoms with Crippen molar-refractivity contribution in [3.05, 3.63) is 59.5 Å². The van der Waals surface area contributed by atoms with E-state index in [2.05, 4.69) is 15.4 Å². The molecule has 1 amide bonds. The van der Waals surface area contributed by atoms with E-state index in [0.29, 0.717) is 23.8 Å². The summed E-state index contributed by atoms with van der Waals surface area (Å²) < 4.78 is 28.5. The van der Waals surface area contributed by atoms with Crippen molar-refractivity contribution in [2.45, 2.75) is 43.5 Å². The summed E-state index contributed by atoms with van der Waals surface area (Å²) in [6.07, 6.45) is 3.14. The van der Waals surface area contributed by atoms with E-state index < -0.39 is 10.0 Å². The average Bonchev–Trinajstić information content (AvgIpc) is 3.44. The van der Waals surface area contributed by atoms with Crippen molar-refractivity contribution < 1.29 is 13.2 Å². The van der Waals surface area contributed by atoms with Gasteiger partial charge in [-0.25, -0.2) is 18.1 Å². The zero-order valence-corrected chi connectivity index (χ0v) is 20.5. The summed E-state index contributed by atoms with van der Waals surface area (Å²) in [7, 11) is -3.49. The fourth-order valence-corrected chi connectivity index (χ4v) is 5.86. The van der Waals surface area contributed by atoms with Crippen LogP contribution < -0.4 is 5.32 Å². The monoisotopic (exact) mass is 485 g/mol. The number of benzene rings is 1. The molecule has 0 unspecified atom stereocenters. The number of amides is 1. The molecule has 4 rings (SSSR count). The van der Waals surface area contributed by atoms with Crippen LogP contribution in [0.2, 0.25) is 0 Å². The summed E-state index contributed by atoms with van der Waals surface area (Å²) in [5.41, 5.74) is 4.39. The second-order valence-electron chi connectivity index (χ2n) is 8.07. The third kappa shape index (κ3) is 5.13. The molecule has 0 atom stereocenters. The maximum atomic E-state index is 12.6. The van der Waals surface area contributed by atoms with Crippen LogP contribution in [0.15, 0.2) is 52.5 Å². The minimum Gasteiger partial charge on any atom is -0.322 e. The highest BCUT2D eigenvalue weighted by Crippen LogP contribution is 2.25. The van der Waals surface area contributed by atoms with Crippen LogP contribution in [0.25, 0.3) is 5.69 Å². The number of aryl methyl sites for hydroxylation is 2. The number of rotatable bonds is 7. The van der Waals surface area contributed by atoms with Gasteiger partial charge in [0.25, 0.3) is 0 Å². The molecule has 1 aliphatic rings. The Morgan fingerprint density at radius 3 is 2.39 bits per heavy atom. The zero-order valence-electron chi connectivity index (χ0n) is 18.9. The number of thioether (sulfide) groups is 1. The molecule has 1 aromatic carbocycles. The van der Waals surface area contributed by atoms with Crippen molar-refractivity contribution in [3.63, 3.8) is 0 Å². The molecule has 2 aromatic heterocycles. The van der Waals surface area contributed by atoms with Gasteiger partial charge in [-0.2, -0.15) is 9.40 Å². The van der Waals surface area contributed by atoms with E-state index in [1.54, 1.807) is 12.1 Å². The summed E-state index contributed by atoms with van der Waals surface area (Å²) in [4.78, 5) is 17.0. The van der Waals surface area contributed by atoms with Gasteiger partial charge in [-0.1, -0.05) is 29.5 Å². The molecule has 1 aliphatic heterocycles. The highest BCUT2D eigenvalue weighted by molar-refractivity contribution is 7.99. The van der Waals surface area contributed by atoms with Gasteiger partial charge in [-0.05, 0) is 57.9 Å². The number of carbonyl (C=O) groups excluding carboxylic acids is 1. The summed E-state index contributed by atoms with van der Waals surface area (Å²) in [6.45, 7) is 6.92. The first kappa shape index (κ1) is 23.5. The van der Waals surface area contributed by atoms with Crippen LogP contribution in [-0.2, 0) is 14.8 Å². The Hall–Kier alpha value is -2.69. The summed E-state index contributed by atoms with van der Waals surface area (Å²) in [5.74, 6) is -0.0231. The van der Waals surface area contributed by atoms with Gasteiger partial charge in [0.2, 0.25) is 15.9 Å². The van der Waals surface area contributed by atoms with Gasteiger partial charge in [-0.15, -0.1) is 0 Å². The molecule has 0 bridgehead atoms. The molecule has 33 heavy (non-hydrogen) atoms. The lowest BCUT2D eigenvalue weighted by Gasteiger charge is -2.15. The van der Waals surface area contributed by atoms with Gasteiger partial charge >= 0.3 is 0 Å². The lowest BCUT2D eigenvalue weighted by atomic mass is 10.2. The first-order valence-corrected chi connectivity index (χ1v) is 13.2. The topological polar surface area (TPSA) is 97.2 Å². The molecular weight excluding hydrogens is 458 g/mol. The van der Waals surface area contributed by atoms with Gasteiger partial charge in [0.05, 0.1) is 33.5 Å². The van der Waals surface area contributed by atoms with Crippen LogP contribution in [0, 0.1) is 20.8 Å². The van der Waals surface area contributed by atoms with Crippen LogP contribution >= 0.6 is 11.8 Å². The van der Waals surface area contributed by atoms with Gasteiger partial charge in [-0.3, -0.25) is 4.79 Å². The Kier molecular flexibility index (Phi) is 6.87. The average molecular weight is 486 g/mol. The number of nitrogens with one attached hydrogen (secondary N) is 1. The number of hydrogen-bond acceptors (Lipinski definition) is 6. The smallest absolute Gasteiger partial charge is 0.244 e. The molecule has 1 N–H and O–H groups in total. The molecule has 0 aliphatic carbocycles. The maximum Gasteiger partial charge on any atom is 0.244 e. The summed E-state index contributed by atoms with van der Waals surface area (Å²) in [5, 5.41) is 8.11. The largest absolute Gasteiger partial charge is 0.322 e. The second kappa shape index (κ2) is 9.66. The Bertz CT molecular complexity index is 1250. The van der Waals surface area contributed by atoms with Gasteiger partial charge in [0.15, 0.2) is 0 Å². The van der Waals surface area contributed by atoms with Crippen LogP contribution in [0.5, 0.6) is 0 Å². The third-order valence-electron chi connectivity index (χ3n) is 5.60. The number of hydrogen-bond donors (Lipinski definition) is 1. The number of anilines is 1. The Morgan fingerprint density at radius 2 is 1.76 bits per heavy atom. The van der Waals surface area contributed by atoms with Crippen molar-refractivity contribution in [1.29, 1.82) is 0 Å². The van der Waals surface area contributed by atoms with Gasteiger partial charge in [0, 0.05) is 19.3 Å². The van der Waals surface area contributed by atoms with Crippen molar-refractivity contribution in [3.8, 4) is 5.69 Å². The van der Waals surface area contributed by atoms with Crippen molar-refractivity contribution in [2.24, 2.45) is 0 Å². The molecule has 174 valence electrons. The first-order valence-electron chi connectivity index (χ1n) is 10.8. The molecule has 0 radical (unpaired) electrons. The lowest BCUT2D eigenvalue weighted by Crippen LogP contribution is -2.27. The summed E-state index contributed by atoms with van der Waals surface area (Å²) >= 11 is 1.26. The fourth-order valence-electron chi connectivity index (χ4n) is 3.76. The van der Waals surface area contributed by atoms with E-state index >= 15 is 0 Å². The predicted octanol–water partition coefficient (Wildman–Crippen LogP) is 3.71. The van der Waals surface area contributed by atoms with E-state index in [1.807, 2.05) is 49.7 Å². The Morgan fingerprint density at radius 1 is 1.06 bits per heavy atom. The predicted molar refractivity (Wildman–Crippen MR) is 129 cm³/mol. The highest BCUT2D eigenvalue weighted by Gasteiger charge is 2.27. The zero-order chi connectivity index (χ0) is 23.6. The van der Waals surface area contributed by atoms with E-state index in [1.165, 1.54) is 27.8 Å². The molecule has 0 spiro atoms. The molecule has 1 saturated heterocycles. The Labute approximate surface area is 198 Å². The van der Waals surface area contributed by atoms with Gasteiger partial charge in [0.1, 0.15) is 4.90 Å². The number of sulfonamides is 1. The molecule has 3 aromatic rings. The van der Waals surface area contributed by atoms with Crippen molar-refractivity contribution in [2.75, 3.05) is 24.2 Å². The molecule has 1 fully saturated rings. The third-order valence-corrected chi connectivity index (χ3v) is 8.42. The Balaban J connectivity index is 1.38. The first-order chi connectivity index (χ1) is 15.8. The van der Waals surface area contributed by atoms with Gasteiger partial charge < -0.3 is 5.32 Å². The minimum absolute atomic E-state index is 0.153. The molecular formula is C23H27N5O3S2. The highest BCUT2D eigenvalue weighted by atomic mass is 32.2.